The number of hydrogen-bond donors (Lipinski definition) is 0. The minimum absolute atomic E-state index is 0.0602. The van der Waals surface area contributed by atoms with Crippen molar-refractivity contribution in [2.75, 3.05) is 20.2 Å². The number of carbonyl (C=O) groups is 2. The molecule has 3 rings (SSSR count). The molecule has 2 heterocycles. The molecule has 0 N–H and O–H groups in total. The van der Waals surface area contributed by atoms with Crippen LogP contribution in [0.15, 0.2) is 39.6 Å². The van der Waals surface area contributed by atoms with Gasteiger partial charge in [0.15, 0.2) is 0 Å². The van der Waals surface area contributed by atoms with Gasteiger partial charge >= 0.3 is 11.9 Å². The number of esters is 2. The lowest BCUT2D eigenvalue weighted by Gasteiger charge is -2.15. The van der Waals surface area contributed by atoms with E-state index in [1.54, 1.807) is 13.0 Å². The first kappa shape index (κ1) is 20.1. The fraction of sp³-hybridized carbons (Fsp3) is 0.368. The van der Waals surface area contributed by atoms with Crippen LogP contribution in [0.4, 0.5) is 0 Å². The van der Waals surface area contributed by atoms with E-state index in [2.05, 4.69) is 4.74 Å². The quantitative estimate of drug-likeness (QED) is 0.678. The minimum atomic E-state index is -3.53. The standard InChI is InChI=1S/C19H21NO7S/c1-13-11-15(27-17(13)19(22)25-2)12-26-18(21)14-5-7-16(8-6-14)28(23,24)20-9-3-4-10-20/h5-8,11H,3-4,9-10,12H2,1-2H3. The van der Waals surface area contributed by atoms with Gasteiger partial charge in [0.1, 0.15) is 12.4 Å². The Labute approximate surface area is 163 Å². The molecule has 9 heteroatoms. The van der Waals surface area contributed by atoms with Gasteiger partial charge in [-0.1, -0.05) is 0 Å². The van der Waals surface area contributed by atoms with E-state index in [9.17, 15) is 18.0 Å². The molecule has 1 aromatic heterocycles. The Bertz CT molecular complexity index is 970. The van der Waals surface area contributed by atoms with Crippen LogP contribution in [0.2, 0.25) is 0 Å². The van der Waals surface area contributed by atoms with Crippen LogP contribution in [0.5, 0.6) is 0 Å². The van der Waals surface area contributed by atoms with Gasteiger partial charge in [-0.05, 0) is 50.1 Å². The maximum Gasteiger partial charge on any atom is 0.374 e. The van der Waals surface area contributed by atoms with Gasteiger partial charge in [-0.15, -0.1) is 0 Å². The number of aryl methyl sites for hydroxylation is 1. The second-order valence-electron chi connectivity index (χ2n) is 6.43. The van der Waals surface area contributed by atoms with E-state index in [0.29, 0.717) is 24.4 Å². The second kappa shape index (κ2) is 8.15. The average Bonchev–Trinajstić information content (AvgIpc) is 3.36. The van der Waals surface area contributed by atoms with Gasteiger partial charge in [-0.25, -0.2) is 18.0 Å². The molecule has 0 aliphatic carbocycles. The fourth-order valence-electron chi connectivity index (χ4n) is 2.98. The van der Waals surface area contributed by atoms with E-state index >= 15 is 0 Å². The zero-order chi connectivity index (χ0) is 20.3. The highest BCUT2D eigenvalue weighted by molar-refractivity contribution is 7.89. The molecule has 0 atom stereocenters. The van der Waals surface area contributed by atoms with E-state index in [1.165, 1.54) is 35.7 Å². The van der Waals surface area contributed by atoms with Crippen molar-refractivity contribution in [3.63, 3.8) is 0 Å². The van der Waals surface area contributed by atoms with Gasteiger partial charge in [0, 0.05) is 18.7 Å². The van der Waals surface area contributed by atoms with Gasteiger partial charge in [-0.2, -0.15) is 4.31 Å². The van der Waals surface area contributed by atoms with E-state index in [0.717, 1.165) is 12.8 Å². The summed E-state index contributed by atoms with van der Waals surface area (Å²) in [5.74, 6) is -0.867. The number of nitrogens with zero attached hydrogens (tertiary/aromatic N) is 1. The van der Waals surface area contributed by atoms with E-state index < -0.39 is 22.0 Å². The van der Waals surface area contributed by atoms with Gasteiger partial charge in [0.05, 0.1) is 17.6 Å². The van der Waals surface area contributed by atoms with Crippen molar-refractivity contribution in [2.45, 2.75) is 31.3 Å². The van der Waals surface area contributed by atoms with Gasteiger partial charge < -0.3 is 13.9 Å². The second-order valence-corrected chi connectivity index (χ2v) is 8.37. The topological polar surface area (TPSA) is 103 Å². The van der Waals surface area contributed by atoms with Crippen LogP contribution >= 0.6 is 0 Å². The molecular formula is C19H21NO7S. The molecular weight excluding hydrogens is 386 g/mol. The number of methoxy groups -OCH3 is 1. The lowest BCUT2D eigenvalue weighted by molar-refractivity contribution is 0.0438. The molecule has 0 radical (unpaired) electrons. The summed E-state index contributed by atoms with van der Waals surface area (Å²) in [6, 6.07) is 7.22. The summed E-state index contributed by atoms with van der Waals surface area (Å²) < 4.78 is 41.6. The SMILES string of the molecule is COC(=O)c1oc(COC(=O)c2ccc(S(=O)(=O)N3CCCC3)cc2)cc1C. The Kier molecular flexibility index (Phi) is 5.85. The lowest BCUT2D eigenvalue weighted by Crippen LogP contribution is -2.27. The largest absolute Gasteiger partial charge is 0.463 e. The number of benzene rings is 1. The van der Waals surface area contributed by atoms with Crippen LogP contribution in [-0.4, -0.2) is 44.9 Å². The predicted molar refractivity (Wildman–Crippen MR) is 98.3 cm³/mol. The molecule has 2 aromatic rings. The summed E-state index contributed by atoms with van der Waals surface area (Å²) >= 11 is 0. The number of rotatable bonds is 6. The summed E-state index contributed by atoms with van der Waals surface area (Å²) in [4.78, 5) is 23.9. The Morgan fingerprint density at radius 1 is 1.11 bits per heavy atom. The van der Waals surface area contributed by atoms with Crippen LogP contribution in [0.1, 0.15) is 45.1 Å². The number of sulfonamides is 1. The molecule has 0 spiro atoms. The van der Waals surface area contributed by atoms with Crippen LogP contribution in [0.25, 0.3) is 0 Å². The van der Waals surface area contributed by atoms with Crippen molar-refractivity contribution >= 4 is 22.0 Å². The molecule has 1 saturated heterocycles. The van der Waals surface area contributed by atoms with Crippen molar-refractivity contribution in [3.8, 4) is 0 Å². The van der Waals surface area contributed by atoms with Crippen LogP contribution in [0, 0.1) is 6.92 Å². The highest BCUT2D eigenvalue weighted by Gasteiger charge is 2.27. The molecule has 1 aromatic carbocycles. The molecule has 1 aliphatic heterocycles. The lowest BCUT2D eigenvalue weighted by atomic mass is 10.2. The molecule has 150 valence electrons. The van der Waals surface area contributed by atoms with E-state index in [-0.39, 0.29) is 22.8 Å². The smallest absolute Gasteiger partial charge is 0.374 e. The highest BCUT2D eigenvalue weighted by atomic mass is 32.2. The van der Waals surface area contributed by atoms with Gasteiger partial charge in [0.25, 0.3) is 0 Å². The predicted octanol–water partition coefficient (Wildman–Crippen LogP) is 2.52. The van der Waals surface area contributed by atoms with Crippen molar-refractivity contribution in [2.24, 2.45) is 0 Å². The molecule has 0 unspecified atom stereocenters. The third-order valence-electron chi connectivity index (χ3n) is 4.48. The molecule has 0 saturated carbocycles. The van der Waals surface area contributed by atoms with Gasteiger partial charge in [-0.3, -0.25) is 0 Å². The zero-order valence-corrected chi connectivity index (χ0v) is 16.5. The Balaban J connectivity index is 1.64. The summed E-state index contributed by atoms with van der Waals surface area (Å²) in [7, 11) is -2.28. The first-order valence-electron chi connectivity index (χ1n) is 8.78. The molecule has 1 fully saturated rings. The molecule has 1 aliphatic rings. The number of carbonyl (C=O) groups excluding carboxylic acids is 2. The van der Waals surface area contributed by atoms with Crippen LogP contribution < -0.4 is 0 Å². The van der Waals surface area contributed by atoms with Crippen molar-refractivity contribution in [1.82, 2.24) is 4.31 Å². The fourth-order valence-corrected chi connectivity index (χ4v) is 4.49. The molecule has 28 heavy (non-hydrogen) atoms. The number of furan rings is 1. The Morgan fingerprint density at radius 2 is 1.75 bits per heavy atom. The van der Waals surface area contributed by atoms with Crippen LogP contribution in [-0.2, 0) is 26.1 Å². The number of hydrogen-bond acceptors (Lipinski definition) is 7. The van der Waals surface area contributed by atoms with Crippen molar-refractivity contribution < 1.29 is 31.9 Å². The highest BCUT2D eigenvalue weighted by Crippen LogP contribution is 2.22. The Morgan fingerprint density at radius 3 is 2.36 bits per heavy atom. The van der Waals surface area contributed by atoms with Gasteiger partial charge in [0.2, 0.25) is 15.8 Å². The van der Waals surface area contributed by atoms with Crippen molar-refractivity contribution in [3.05, 3.63) is 53.0 Å². The maximum absolute atomic E-state index is 12.5. The Hall–Kier alpha value is -2.65. The van der Waals surface area contributed by atoms with E-state index in [4.69, 9.17) is 9.15 Å². The molecule has 0 amide bonds. The first-order valence-corrected chi connectivity index (χ1v) is 10.2. The number of ether oxygens (including phenoxy) is 2. The minimum Gasteiger partial charge on any atom is -0.463 e. The monoisotopic (exact) mass is 407 g/mol. The third-order valence-corrected chi connectivity index (χ3v) is 6.39. The summed E-state index contributed by atoms with van der Waals surface area (Å²) in [5.41, 5.74) is 0.797. The molecule has 0 bridgehead atoms. The first-order chi connectivity index (χ1) is 13.3. The summed E-state index contributed by atoms with van der Waals surface area (Å²) in [6.45, 7) is 2.55. The molecule has 8 nitrogen and oxygen atoms in total. The average molecular weight is 407 g/mol. The van der Waals surface area contributed by atoms with E-state index in [1.807, 2.05) is 0 Å². The maximum atomic E-state index is 12.5. The summed E-state index contributed by atoms with van der Waals surface area (Å²) in [6.07, 6.45) is 1.71. The normalized spacial score (nSPS) is 14.8. The zero-order valence-electron chi connectivity index (χ0n) is 15.6. The summed E-state index contributed by atoms with van der Waals surface area (Å²) in [5, 5.41) is 0. The third kappa shape index (κ3) is 4.10. The van der Waals surface area contributed by atoms with Crippen molar-refractivity contribution in [1.29, 1.82) is 0 Å². The van der Waals surface area contributed by atoms with Crippen LogP contribution in [0.3, 0.4) is 0 Å².